The SMILES string of the molecule is COC(C)CC(Cc1ccc(C)c(C)c1)NN. The van der Waals surface area contributed by atoms with Crippen LogP contribution in [0, 0.1) is 13.8 Å². The second kappa shape index (κ2) is 6.74. The number of hydrogen-bond acceptors (Lipinski definition) is 3. The van der Waals surface area contributed by atoms with Crippen LogP contribution in [-0.4, -0.2) is 19.3 Å². The molecule has 3 nitrogen and oxygen atoms in total. The predicted octanol–water partition coefficient (Wildman–Crippen LogP) is 2.10. The van der Waals surface area contributed by atoms with Gasteiger partial charge in [0.1, 0.15) is 0 Å². The van der Waals surface area contributed by atoms with Crippen LogP contribution >= 0.6 is 0 Å². The van der Waals surface area contributed by atoms with E-state index in [-0.39, 0.29) is 12.1 Å². The van der Waals surface area contributed by atoms with E-state index >= 15 is 0 Å². The molecule has 0 heterocycles. The lowest BCUT2D eigenvalue weighted by Crippen LogP contribution is -2.39. The van der Waals surface area contributed by atoms with Gasteiger partial charge in [0.2, 0.25) is 0 Å². The molecule has 2 unspecified atom stereocenters. The number of benzene rings is 1. The zero-order valence-corrected chi connectivity index (χ0v) is 11.3. The van der Waals surface area contributed by atoms with E-state index in [1.807, 2.05) is 0 Å². The van der Waals surface area contributed by atoms with Crippen molar-refractivity contribution in [2.75, 3.05) is 7.11 Å². The van der Waals surface area contributed by atoms with Crippen LogP contribution in [0.4, 0.5) is 0 Å². The van der Waals surface area contributed by atoms with Gasteiger partial charge in [-0.15, -0.1) is 0 Å². The van der Waals surface area contributed by atoms with Crippen molar-refractivity contribution in [2.24, 2.45) is 5.84 Å². The molecule has 1 aromatic carbocycles. The number of ether oxygens (including phenoxy) is 1. The largest absolute Gasteiger partial charge is 0.382 e. The van der Waals surface area contributed by atoms with Gasteiger partial charge in [0.15, 0.2) is 0 Å². The van der Waals surface area contributed by atoms with Crippen molar-refractivity contribution < 1.29 is 4.74 Å². The molecule has 0 aliphatic carbocycles. The van der Waals surface area contributed by atoms with Gasteiger partial charge in [0.25, 0.3) is 0 Å². The fourth-order valence-electron chi connectivity index (χ4n) is 1.92. The fourth-order valence-corrected chi connectivity index (χ4v) is 1.92. The second-order valence-corrected chi connectivity index (χ2v) is 4.77. The van der Waals surface area contributed by atoms with Crippen LogP contribution < -0.4 is 11.3 Å². The summed E-state index contributed by atoms with van der Waals surface area (Å²) >= 11 is 0. The lowest BCUT2D eigenvalue weighted by atomic mass is 9.98. The third-order valence-corrected chi connectivity index (χ3v) is 3.31. The number of methoxy groups -OCH3 is 1. The minimum Gasteiger partial charge on any atom is -0.382 e. The van der Waals surface area contributed by atoms with Gasteiger partial charge in [-0.3, -0.25) is 11.3 Å². The van der Waals surface area contributed by atoms with Crippen molar-refractivity contribution in [3.63, 3.8) is 0 Å². The standard InChI is InChI=1S/C14H24N2O/c1-10-5-6-13(7-11(10)2)9-14(16-15)8-12(3)17-4/h5-7,12,14,16H,8-9,15H2,1-4H3. The quantitative estimate of drug-likeness (QED) is 0.587. The van der Waals surface area contributed by atoms with Gasteiger partial charge in [-0.2, -0.15) is 0 Å². The van der Waals surface area contributed by atoms with E-state index in [1.54, 1.807) is 7.11 Å². The van der Waals surface area contributed by atoms with Crippen molar-refractivity contribution in [3.05, 3.63) is 34.9 Å². The molecule has 0 aliphatic rings. The maximum Gasteiger partial charge on any atom is 0.0558 e. The van der Waals surface area contributed by atoms with Gasteiger partial charge in [-0.25, -0.2) is 0 Å². The molecule has 1 rings (SSSR count). The van der Waals surface area contributed by atoms with Crippen LogP contribution in [-0.2, 0) is 11.2 Å². The second-order valence-electron chi connectivity index (χ2n) is 4.77. The number of nitrogens with two attached hydrogens (primary N) is 1. The van der Waals surface area contributed by atoms with E-state index in [0.29, 0.717) is 0 Å². The van der Waals surface area contributed by atoms with E-state index in [1.165, 1.54) is 16.7 Å². The first-order valence-corrected chi connectivity index (χ1v) is 6.11. The highest BCUT2D eigenvalue weighted by Crippen LogP contribution is 2.13. The molecule has 3 N–H and O–H groups in total. The average Bonchev–Trinajstić information content (AvgIpc) is 2.32. The maximum atomic E-state index is 5.59. The number of nitrogens with one attached hydrogen (secondary N) is 1. The third-order valence-electron chi connectivity index (χ3n) is 3.31. The Bertz CT molecular complexity index is 352. The molecule has 0 saturated heterocycles. The van der Waals surface area contributed by atoms with Gasteiger partial charge in [0, 0.05) is 13.2 Å². The number of hydrogen-bond donors (Lipinski definition) is 2. The first-order chi connectivity index (χ1) is 8.06. The summed E-state index contributed by atoms with van der Waals surface area (Å²) < 4.78 is 5.27. The molecule has 0 aliphatic heterocycles. The van der Waals surface area contributed by atoms with Crippen molar-refractivity contribution in [1.82, 2.24) is 5.43 Å². The summed E-state index contributed by atoms with van der Waals surface area (Å²) in [6.07, 6.45) is 2.08. The number of rotatable bonds is 6. The van der Waals surface area contributed by atoms with Crippen LogP contribution in [0.2, 0.25) is 0 Å². The summed E-state index contributed by atoms with van der Waals surface area (Å²) in [4.78, 5) is 0. The van der Waals surface area contributed by atoms with E-state index in [4.69, 9.17) is 10.6 Å². The smallest absolute Gasteiger partial charge is 0.0558 e. The Morgan fingerprint density at radius 2 is 2.00 bits per heavy atom. The highest BCUT2D eigenvalue weighted by Gasteiger charge is 2.12. The number of hydrazine groups is 1. The maximum absolute atomic E-state index is 5.59. The minimum absolute atomic E-state index is 0.225. The molecular weight excluding hydrogens is 212 g/mol. The van der Waals surface area contributed by atoms with Gasteiger partial charge in [-0.1, -0.05) is 18.2 Å². The van der Waals surface area contributed by atoms with Crippen LogP contribution in [0.1, 0.15) is 30.0 Å². The van der Waals surface area contributed by atoms with E-state index < -0.39 is 0 Å². The lowest BCUT2D eigenvalue weighted by Gasteiger charge is -2.20. The molecule has 0 spiro atoms. The zero-order chi connectivity index (χ0) is 12.8. The summed E-state index contributed by atoms with van der Waals surface area (Å²) in [5.74, 6) is 5.59. The average molecular weight is 236 g/mol. The lowest BCUT2D eigenvalue weighted by molar-refractivity contribution is 0.100. The highest BCUT2D eigenvalue weighted by molar-refractivity contribution is 5.30. The van der Waals surface area contributed by atoms with Gasteiger partial charge in [-0.05, 0) is 50.3 Å². The Morgan fingerprint density at radius 1 is 1.29 bits per heavy atom. The summed E-state index contributed by atoms with van der Waals surface area (Å²) in [6.45, 7) is 6.33. The van der Waals surface area contributed by atoms with Crippen LogP contribution in [0.15, 0.2) is 18.2 Å². The summed E-state index contributed by atoms with van der Waals surface area (Å²) in [5, 5.41) is 0. The monoisotopic (exact) mass is 236 g/mol. The topological polar surface area (TPSA) is 47.3 Å². The minimum atomic E-state index is 0.225. The van der Waals surface area contributed by atoms with Crippen LogP contribution in [0.25, 0.3) is 0 Å². The van der Waals surface area contributed by atoms with Crippen molar-refractivity contribution in [2.45, 2.75) is 45.8 Å². The Kier molecular flexibility index (Phi) is 5.62. The van der Waals surface area contributed by atoms with E-state index in [9.17, 15) is 0 Å². The van der Waals surface area contributed by atoms with E-state index in [0.717, 1.165) is 12.8 Å². The Morgan fingerprint density at radius 3 is 2.53 bits per heavy atom. The van der Waals surface area contributed by atoms with Gasteiger partial charge < -0.3 is 4.74 Å². The van der Waals surface area contributed by atoms with Crippen molar-refractivity contribution in [3.8, 4) is 0 Å². The predicted molar refractivity (Wildman–Crippen MR) is 71.8 cm³/mol. The molecule has 0 bridgehead atoms. The molecule has 0 radical (unpaired) electrons. The summed E-state index contributed by atoms with van der Waals surface area (Å²) in [7, 11) is 1.73. The first-order valence-electron chi connectivity index (χ1n) is 6.11. The fraction of sp³-hybridized carbons (Fsp3) is 0.571. The Labute approximate surface area is 104 Å². The van der Waals surface area contributed by atoms with E-state index in [2.05, 4.69) is 44.4 Å². The normalized spacial score (nSPS) is 14.6. The van der Waals surface area contributed by atoms with Crippen LogP contribution in [0.3, 0.4) is 0 Å². The third kappa shape index (κ3) is 4.46. The Hall–Kier alpha value is -0.900. The van der Waals surface area contributed by atoms with Crippen LogP contribution in [0.5, 0.6) is 0 Å². The van der Waals surface area contributed by atoms with Crippen molar-refractivity contribution >= 4 is 0 Å². The molecule has 96 valence electrons. The van der Waals surface area contributed by atoms with Gasteiger partial charge in [0.05, 0.1) is 6.10 Å². The molecule has 0 fully saturated rings. The summed E-state index contributed by atoms with van der Waals surface area (Å²) in [6, 6.07) is 6.83. The molecule has 3 heteroatoms. The molecule has 0 amide bonds. The summed E-state index contributed by atoms with van der Waals surface area (Å²) in [5.41, 5.74) is 6.85. The molecule has 0 saturated carbocycles. The van der Waals surface area contributed by atoms with Crippen molar-refractivity contribution in [1.29, 1.82) is 0 Å². The molecular formula is C14H24N2O. The highest BCUT2D eigenvalue weighted by atomic mass is 16.5. The Balaban J connectivity index is 2.63. The molecule has 1 aromatic rings. The molecule has 0 aromatic heterocycles. The number of aryl methyl sites for hydroxylation is 2. The first kappa shape index (κ1) is 14.2. The molecule has 2 atom stereocenters. The van der Waals surface area contributed by atoms with Gasteiger partial charge >= 0.3 is 0 Å². The molecule has 17 heavy (non-hydrogen) atoms. The zero-order valence-electron chi connectivity index (χ0n) is 11.3.